The van der Waals surface area contributed by atoms with Gasteiger partial charge in [0.2, 0.25) is 5.91 Å². The van der Waals surface area contributed by atoms with Crippen LogP contribution >= 0.6 is 11.6 Å². The molecule has 8 heteroatoms. The van der Waals surface area contributed by atoms with Crippen molar-refractivity contribution in [3.05, 3.63) is 71.0 Å². The molecule has 1 aliphatic rings. The number of benzene rings is 2. The topological polar surface area (TPSA) is 90.1 Å². The van der Waals surface area contributed by atoms with E-state index in [0.29, 0.717) is 10.7 Å². The molecule has 26 heavy (non-hydrogen) atoms. The third-order valence-electron chi connectivity index (χ3n) is 4.12. The summed E-state index contributed by atoms with van der Waals surface area (Å²) in [4.78, 5) is 16.7. The molecule has 0 unspecified atom stereocenters. The van der Waals surface area contributed by atoms with E-state index < -0.39 is 0 Å². The lowest BCUT2D eigenvalue weighted by atomic mass is 10.1. The second kappa shape index (κ2) is 7.36. The average Bonchev–Trinajstić information content (AvgIpc) is 3.16. The standard InChI is InChI=1S/C18H17ClN6O/c19-14-6-11(5-13(8-14)18-22-24-25-23-18)7-17(26)21-16-10-20-9-12-3-1-2-4-15(12)16/h1-6,8-10,18,22-25H,7H2,(H,21,26). The number of halogens is 1. The number of nitrogens with one attached hydrogen (secondary N) is 5. The molecule has 2 heterocycles. The van der Waals surface area contributed by atoms with Gasteiger partial charge in [0, 0.05) is 22.0 Å². The first-order valence-electron chi connectivity index (χ1n) is 8.12. The van der Waals surface area contributed by atoms with Gasteiger partial charge in [0.25, 0.3) is 0 Å². The van der Waals surface area contributed by atoms with E-state index >= 15 is 0 Å². The molecule has 1 saturated heterocycles. The molecule has 0 saturated carbocycles. The molecule has 1 fully saturated rings. The van der Waals surface area contributed by atoms with E-state index in [2.05, 4.69) is 32.2 Å². The summed E-state index contributed by atoms with van der Waals surface area (Å²) < 4.78 is 0. The largest absolute Gasteiger partial charge is 0.324 e. The molecule has 0 spiro atoms. The predicted octanol–water partition coefficient (Wildman–Crippen LogP) is 2.18. The fourth-order valence-electron chi connectivity index (χ4n) is 2.96. The molecule has 132 valence electrons. The molecule has 0 atom stereocenters. The molecular formula is C18H17ClN6O. The minimum absolute atomic E-state index is 0.125. The van der Waals surface area contributed by atoms with Crippen LogP contribution in [0.15, 0.2) is 54.9 Å². The number of nitrogens with zero attached hydrogens (tertiary/aromatic N) is 1. The zero-order chi connectivity index (χ0) is 17.9. The Kier molecular flexibility index (Phi) is 4.79. The number of fused-ring (bicyclic) bond motifs is 1. The van der Waals surface area contributed by atoms with Crippen LogP contribution in [0, 0.1) is 0 Å². The average molecular weight is 369 g/mol. The van der Waals surface area contributed by atoms with Crippen LogP contribution in [0.25, 0.3) is 10.8 Å². The van der Waals surface area contributed by atoms with E-state index in [4.69, 9.17) is 11.6 Å². The Morgan fingerprint density at radius 2 is 1.92 bits per heavy atom. The zero-order valence-corrected chi connectivity index (χ0v) is 14.5. The fourth-order valence-corrected chi connectivity index (χ4v) is 3.23. The van der Waals surface area contributed by atoms with Gasteiger partial charge >= 0.3 is 0 Å². The molecule has 1 amide bonds. The molecular weight excluding hydrogens is 352 g/mol. The number of pyridine rings is 1. The van der Waals surface area contributed by atoms with E-state index in [0.717, 1.165) is 21.9 Å². The first kappa shape index (κ1) is 16.9. The number of carbonyl (C=O) groups excluding carboxylic acids is 1. The van der Waals surface area contributed by atoms with Crippen LogP contribution in [0.3, 0.4) is 0 Å². The number of aromatic nitrogens is 1. The number of carbonyl (C=O) groups is 1. The van der Waals surface area contributed by atoms with Gasteiger partial charge in [-0.1, -0.05) is 41.9 Å². The molecule has 1 aliphatic heterocycles. The van der Waals surface area contributed by atoms with Gasteiger partial charge in [-0.3, -0.25) is 9.78 Å². The lowest BCUT2D eigenvalue weighted by Crippen LogP contribution is -2.33. The van der Waals surface area contributed by atoms with Gasteiger partial charge < -0.3 is 5.32 Å². The van der Waals surface area contributed by atoms with E-state index in [1.165, 1.54) is 0 Å². The SMILES string of the molecule is O=C(Cc1cc(Cl)cc(C2NNNN2)c1)Nc1cncc2ccccc12. The van der Waals surface area contributed by atoms with E-state index in [1.54, 1.807) is 18.5 Å². The molecule has 0 aliphatic carbocycles. The van der Waals surface area contributed by atoms with E-state index in [9.17, 15) is 4.79 Å². The number of anilines is 1. The molecule has 4 rings (SSSR count). The van der Waals surface area contributed by atoms with Crippen LogP contribution in [-0.2, 0) is 11.2 Å². The molecule has 7 nitrogen and oxygen atoms in total. The van der Waals surface area contributed by atoms with Gasteiger partial charge in [0.15, 0.2) is 0 Å². The summed E-state index contributed by atoms with van der Waals surface area (Å²) in [6, 6.07) is 13.4. The van der Waals surface area contributed by atoms with Crippen LogP contribution in [0.1, 0.15) is 17.3 Å². The monoisotopic (exact) mass is 368 g/mol. The lowest BCUT2D eigenvalue weighted by Gasteiger charge is -2.12. The van der Waals surface area contributed by atoms with Gasteiger partial charge in [0.05, 0.1) is 18.3 Å². The summed E-state index contributed by atoms with van der Waals surface area (Å²) in [6.07, 6.45) is 3.51. The molecule has 2 aromatic carbocycles. The first-order valence-corrected chi connectivity index (χ1v) is 8.50. The third-order valence-corrected chi connectivity index (χ3v) is 4.33. The van der Waals surface area contributed by atoms with Crippen LogP contribution in [0.5, 0.6) is 0 Å². The summed E-state index contributed by atoms with van der Waals surface area (Å²) in [7, 11) is 0. The highest BCUT2D eigenvalue weighted by atomic mass is 35.5. The normalized spacial score (nSPS) is 14.7. The van der Waals surface area contributed by atoms with Crippen molar-refractivity contribution >= 4 is 34.0 Å². The maximum absolute atomic E-state index is 12.5. The van der Waals surface area contributed by atoms with E-state index in [-0.39, 0.29) is 18.5 Å². The molecule has 1 aromatic heterocycles. The van der Waals surface area contributed by atoms with Crippen molar-refractivity contribution in [3.63, 3.8) is 0 Å². The van der Waals surface area contributed by atoms with Gasteiger partial charge in [-0.05, 0) is 23.3 Å². The Morgan fingerprint density at radius 3 is 2.77 bits per heavy atom. The highest BCUT2D eigenvalue weighted by Gasteiger charge is 2.17. The number of hydrazine groups is 3. The van der Waals surface area contributed by atoms with Crippen LogP contribution in [-0.4, -0.2) is 10.9 Å². The minimum atomic E-state index is -0.141. The van der Waals surface area contributed by atoms with Crippen molar-refractivity contribution in [2.75, 3.05) is 5.32 Å². The minimum Gasteiger partial charge on any atom is -0.324 e. The maximum atomic E-state index is 12.5. The smallest absolute Gasteiger partial charge is 0.228 e. The highest BCUT2D eigenvalue weighted by Crippen LogP contribution is 2.23. The summed E-state index contributed by atoms with van der Waals surface area (Å²) in [5.74, 6) is -0.125. The summed E-state index contributed by atoms with van der Waals surface area (Å²) in [5.41, 5.74) is 14.0. The first-order chi connectivity index (χ1) is 12.7. The second-order valence-electron chi connectivity index (χ2n) is 6.00. The highest BCUT2D eigenvalue weighted by molar-refractivity contribution is 6.30. The van der Waals surface area contributed by atoms with Gasteiger partial charge in [-0.2, -0.15) is 11.1 Å². The van der Waals surface area contributed by atoms with Crippen molar-refractivity contribution in [2.45, 2.75) is 12.6 Å². The second-order valence-corrected chi connectivity index (χ2v) is 6.43. The summed E-state index contributed by atoms with van der Waals surface area (Å²) in [5, 5.41) is 5.46. The van der Waals surface area contributed by atoms with Crippen LogP contribution in [0.2, 0.25) is 5.02 Å². The Hall–Kier alpha value is -2.55. The summed E-state index contributed by atoms with van der Waals surface area (Å²) in [6.45, 7) is 0. The number of amides is 1. The van der Waals surface area contributed by atoms with Crippen LogP contribution < -0.4 is 27.2 Å². The number of hydrogen-bond acceptors (Lipinski definition) is 6. The van der Waals surface area contributed by atoms with Gasteiger partial charge in [0.1, 0.15) is 6.17 Å². The molecule has 0 bridgehead atoms. The Labute approximate surface area is 155 Å². The quantitative estimate of drug-likeness (QED) is 0.485. The third kappa shape index (κ3) is 3.67. The number of hydrogen-bond donors (Lipinski definition) is 5. The maximum Gasteiger partial charge on any atom is 0.228 e. The lowest BCUT2D eigenvalue weighted by molar-refractivity contribution is -0.115. The van der Waals surface area contributed by atoms with Crippen molar-refractivity contribution in [3.8, 4) is 0 Å². The molecule has 5 N–H and O–H groups in total. The summed E-state index contributed by atoms with van der Waals surface area (Å²) >= 11 is 6.21. The van der Waals surface area contributed by atoms with Crippen molar-refractivity contribution in [1.82, 2.24) is 26.9 Å². The van der Waals surface area contributed by atoms with Crippen molar-refractivity contribution < 1.29 is 4.79 Å². The Bertz CT molecular complexity index is 952. The van der Waals surface area contributed by atoms with Crippen LogP contribution in [0.4, 0.5) is 5.69 Å². The van der Waals surface area contributed by atoms with Gasteiger partial charge in [-0.15, -0.1) is 0 Å². The molecule has 3 aromatic rings. The van der Waals surface area contributed by atoms with E-state index in [1.807, 2.05) is 36.4 Å². The Morgan fingerprint density at radius 1 is 1.12 bits per heavy atom. The van der Waals surface area contributed by atoms with Gasteiger partial charge in [-0.25, -0.2) is 10.9 Å². The zero-order valence-electron chi connectivity index (χ0n) is 13.7. The predicted molar refractivity (Wildman–Crippen MR) is 101 cm³/mol. The van der Waals surface area contributed by atoms with Crippen molar-refractivity contribution in [2.24, 2.45) is 0 Å². The number of rotatable bonds is 4. The Balaban J connectivity index is 1.53. The fraction of sp³-hybridized carbons (Fsp3) is 0.111. The molecule has 0 radical (unpaired) electrons. The van der Waals surface area contributed by atoms with Crippen molar-refractivity contribution in [1.29, 1.82) is 0 Å².